The molecule has 3 aromatic rings. The molecular weight excluding hydrogens is 244 g/mol. The van der Waals surface area contributed by atoms with Gasteiger partial charge in [-0.05, 0) is 25.1 Å². The van der Waals surface area contributed by atoms with Crippen molar-refractivity contribution in [2.75, 3.05) is 0 Å². The number of para-hydroxylation sites is 1. The van der Waals surface area contributed by atoms with Crippen LogP contribution in [-0.2, 0) is 6.54 Å². The first-order valence-corrected chi connectivity index (χ1v) is 6.71. The summed E-state index contributed by atoms with van der Waals surface area (Å²) in [5.41, 5.74) is 2.16. The number of nitrogens with one attached hydrogen (secondary N) is 2. The van der Waals surface area contributed by atoms with Crippen molar-refractivity contribution in [3.8, 4) is 0 Å². The van der Waals surface area contributed by atoms with E-state index in [1.54, 1.807) is 17.5 Å². The standard InChI is InChI=1S/C13H14N4S/c1-9(14-8-10-6-7-15-17-10)13-16-11-4-2-3-5-12(11)18-13/h2-7,9,14H,8H2,1H3,(H,15,17). The second kappa shape index (κ2) is 4.88. The number of nitrogens with zero attached hydrogens (tertiary/aromatic N) is 2. The van der Waals surface area contributed by atoms with E-state index in [-0.39, 0.29) is 6.04 Å². The number of hydrogen-bond donors (Lipinski definition) is 2. The Morgan fingerprint density at radius 1 is 1.33 bits per heavy atom. The van der Waals surface area contributed by atoms with E-state index in [2.05, 4.69) is 39.6 Å². The minimum absolute atomic E-state index is 0.241. The van der Waals surface area contributed by atoms with E-state index < -0.39 is 0 Å². The van der Waals surface area contributed by atoms with Gasteiger partial charge in [0.1, 0.15) is 5.01 Å². The van der Waals surface area contributed by atoms with E-state index in [0.29, 0.717) is 0 Å². The zero-order chi connectivity index (χ0) is 12.4. The predicted octanol–water partition coefficient (Wildman–Crippen LogP) is 2.87. The minimum atomic E-state index is 0.241. The molecule has 0 spiro atoms. The van der Waals surface area contributed by atoms with Crippen molar-refractivity contribution < 1.29 is 0 Å². The van der Waals surface area contributed by atoms with Gasteiger partial charge < -0.3 is 5.32 Å². The average molecular weight is 258 g/mol. The molecule has 1 atom stereocenters. The first-order valence-electron chi connectivity index (χ1n) is 5.90. The molecule has 0 radical (unpaired) electrons. The molecule has 4 nitrogen and oxygen atoms in total. The Kier molecular flexibility index (Phi) is 3.08. The van der Waals surface area contributed by atoms with Crippen molar-refractivity contribution in [2.24, 2.45) is 0 Å². The fourth-order valence-corrected chi connectivity index (χ4v) is 2.80. The van der Waals surface area contributed by atoms with E-state index in [1.165, 1.54) is 4.70 Å². The zero-order valence-electron chi connectivity index (χ0n) is 10.1. The Hall–Kier alpha value is -1.72. The number of thiazole rings is 1. The smallest absolute Gasteiger partial charge is 0.111 e. The van der Waals surface area contributed by atoms with Gasteiger partial charge in [-0.3, -0.25) is 5.10 Å². The van der Waals surface area contributed by atoms with Crippen LogP contribution in [0.2, 0.25) is 0 Å². The summed E-state index contributed by atoms with van der Waals surface area (Å²) in [4.78, 5) is 4.64. The van der Waals surface area contributed by atoms with Crippen molar-refractivity contribution >= 4 is 21.6 Å². The van der Waals surface area contributed by atoms with Gasteiger partial charge in [-0.25, -0.2) is 4.98 Å². The Labute approximate surface area is 109 Å². The molecule has 5 heteroatoms. The van der Waals surface area contributed by atoms with Gasteiger partial charge in [-0.2, -0.15) is 5.10 Å². The molecule has 0 aliphatic heterocycles. The third-order valence-electron chi connectivity index (χ3n) is 2.84. The third-order valence-corrected chi connectivity index (χ3v) is 4.06. The zero-order valence-corrected chi connectivity index (χ0v) is 10.9. The fourth-order valence-electron chi connectivity index (χ4n) is 1.81. The Morgan fingerprint density at radius 3 is 3.00 bits per heavy atom. The highest BCUT2D eigenvalue weighted by Crippen LogP contribution is 2.26. The van der Waals surface area contributed by atoms with Crippen molar-refractivity contribution in [1.29, 1.82) is 0 Å². The van der Waals surface area contributed by atoms with Gasteiger partial charge in [0.05, 0.1) is 16.3 Å². The fraction of sp³-hybridized carbons (Fsp3) is 0.231. The summed E-state index contributed by atoms with van der Waals surface area (Å²) in [6.07, 6.45) is 1.76. The van der Waals surface area contributed by atoms with Crippen LogP contribution in [0.1, 0.15) is 23.7 Å². The quantitative estimate of drug-likeness (QED) is 0.756. The lowest BCUT2D eigenvalue weighted by Crippen LogP contribution is -2.18. The summed E-state index contributed by atoms with van der Waals surface area (Å²) in [5, 5.41) is 11.4. The Bertz CT molecular complexity index is 596. The molecule has 2 heterocycles. The normalized spacial score (nSPS) is 12.9. The average Bonchev–Trinajstić information content (AvgIpc) is 3.04. The Morgan fingerprint density at radius 2 is 2.22 bits per heavy atom. The molecule has 2 aromatic heterocycles. The molecule has 0 saturated carbocycles. The highest BCUT2D eigenvalue weighted by atomic mass is 32.1. The summed E-state index contributed by atoms with van der Waals surface area (Å²) in [7, 11) is 0. The van der Waals surface area contributed by atoms with Crippen LogP contribution in [0.5, 0.6) is 0 Å². The van der Waals surface area contributed by atoms with Crippen LogP contribution in [0.25, 0.3) is 10.2 Å². The lowest BCUT2D eigenvalue weighted by atomic mass is 10.3. The second-order valence-corrected chi connectivity index (χ2v) is 5.27. The number of benzene rings is 1. The van der Waals surface area contributed by atoms with Gasteiger partial charge in [0.15, 0.2) is 0 Å². The molecule has 3 rings (SSSR count). The van der Waals surface area contributed by atoms with Crippen molar-refractivity contribution in [3.63, 3.8) is 0 Å². The van der Waals surface area contributed by atoms with Crippen LogP contribution in [0.4, 0.5) is 0 Å². The molecule has 18 heavy (non-hydrogen) atoms. The first-order chi connectivity index (χ1) is 8.83. The van der Waals surface area contributed by atoms with E-state index in [9.17, 15) is 0 Å². The number of hydrogen-bond acceptors (Lipinski definition) is 4. The van der Waals surface area contributed by atoms with Gasteiger partial charge >= 0.3 is 0 Å². The van der Waals surface area contributed by atoms with Crippen LogP contribution in [0, 0.1) is 0 Å². The van der Waals surface area contributed by atoms with Crippen molar-refractivity contribution in [2.45, 2.75) is 19.5 Å². The maximum atomic E-state index is 4.64. The number of fused-ring (bicyclic) bond motifs is 1. The van der Waals surface area contributed by atoms with E-state index in [1.807, 2.05) is 18.2 Å². The summed E-state index contributed by atoms with van der Waals surface area (Å²) < 4.78 is 1.24. The highest BCUT2D eigenvalue weighted by Gasteiger charge is 2.10. The molecule has 0 aliphatic carbocycles. The lowest BCUT2D eigenvalue weighted by Gasteiger charge is -2.09. The van der Waals surface area contributed by atoms with Crippen LogP contribution in [0.3, 0.4) is 0 Å². The van der Waals surface area contributed by atoms with Crippen LogP contribution >= 0.6 is 11.3 Å². The molecule has 1 unspecified atom stereocenters. The van der Waals surface area contributed by atoms with E-state index in [0.717, 1.165) is 22.8 Å². The van der Waals surface area contributed by atoms with Crippen molar-refractivity contribution in [1.82, 2.24) is 20.5 Å². The van der Waals surface area contributed by atoms with Gasteiger partial charge in [0.2, 0.25) is 0 Å². The van der Waals surface area contributed by atoms with E-state index in [4.69, 9.17) is 0 Å². The summed E-state index contributed by atoms with van der Waals surface area (Å²) >= 11 is 1.74. The second-order valence-electron chi connectivity index (χ2n) is 4.20. The molecule has 0 amide bonds. The SMILES string of the molecule is CC(NCc1ccn[nH]1)c1nc2ccccc2s1. The molecule has 0 saturated heterocycles. The lowest BCUT2D eigenvalue weighted by molar-refractivity contribution is 0.565. The maximum absolute atomic E-state index is 4.64. The number of aromatic nitrogens is 3. The first kappa shape index (κ1) is 11.4. The van der Waals surface area contributed by atoms with Gasteiger partial charge in [-0.1, -0.05) is 12.1 Å². The summed E-state index contributed by atoms with van der Waals surface area (Å²) in [6.45, 7) is 2.91. The topological polar surface area (TPSA) is 53.6 Å². The molecule has 1 aromatic carbocycles. The third kappa shape index (κ3) is 2.27. The monoisotopic (exact) mass is 258 g/mol. The Balaban J connectivity index is 1.73. The molecule has 2 N–H and O–H groups in total. The van der Waals surface area contributed by atoms with Crippen molar-refractivity contribution in [3.05, 3.63) is 47.2 Å². The summed E-state index contributed by atoms with van der Waals surface area (Å²) in [5.74, 6) is 0. The maximum Gasteiger partial charge on any atom is 0.111 e. The molecule has 0 fully saturated rings. The van der Waals surface area contributed by atoms with E-state index >= 15 is 0 Å². The minimum Gasteiger partial charge on any atom is -0.302 e. The van der Waals surface area contributed by atoms with Gasteiger partial charge in [0, 0.05) is 18.4 Å². The predicted molar refractivity (Wildman–Crippen MR) is 73.5 cm³/mol. The number of H-pyrrole nitrogens is 1. The molecule has 0 bridgehead atoms. The van der Waals surface area contributed by atoms with Gasteiger partial charge in [0.25, 0.3) is 0 Å². The number of aromatic amines is 1. The van der Waals surface area contributed by atoms with Crippen LogP contribution in [0.15, 0.2) is 36.5 Å². The molecule has 0 aliphatic rings. The van der Waals surface area contributed by atoms with Crippen LogP contribution < -0.4 is 5.32 Å². The van der Waals surface area contributed by atoms with Crippen LogP contribution in [-0.4, -0.2) is 15.2 Å². The molecule has 92 valence electrons. The molecular formula is C13H14N4S. The number of rotatable bonds is 4. The van der Waals surface area contributed by atoms with Gasteiger partial charge in [-0.15, -0.1) is 11.3 Å². The summed E-state index contributed by atoms with van der Waals surface area (Å²) in [6, 6.07) is 10.4. The highest BCUT2D eigenvalue weighted by molar-refractivity contribution is 7.18. The largest absolute Gasteiger partial charge is 0.302 e.